The summed E-state index contributed by atoms with van der Waals surface area (Å²) in [5, 5.41) is 0. The predicted molar refractivity (Wildman–Crippen MR) is 99.1 cm³/mol. The molecule has 0 spiro atoms. The van der Waals surface area contributed by atoms with E-state index in [9.17, 15) is 4.79 Å². The average Bonchev–Trinajstić information content (AvgIpc) is 2.51. The molecule has 0 aromatic rings. The Morgan fingerprint density at radius 1 is 0.909 bits per heavy atom. The molecule has 0 fully saturated rings. The summed E-state index contributed by atoms with van der Waals surface area (Å²) in [6.07, 6.45) is 21.4. The number of ketones is 1. The van der Waals surface area contributed by atoms with Crippen LogP contribution in [0.1, 0.15) is 85.5 Å². The highest BCUT2D eigenvalue weighted by atomic mass is 16.1. The highest BCUT2D eigenvalue weighted by molar-refractivity contribution is 5.94. The highest BCUT2D eigenvalue weighted by Gasteiger charge is 2.14. The van der Waals surface area contributed by atoms with Crippen molar-refractivity contribution in [1.82, 2.24) is 0 Å². The quantitative estimate of drug-likeness (QED) is 0.158. The first kappa shape index (κ1) is 20.9. The van der Waals surface area contributed by atoms with Crippen LogP contribution in [0.15, 0.2) is 36.0 Å². The molecule has 22 heavy (non-hydrogen) atoms. The molecule has 1 unspecified atom stereocenters. The van der Waals surface area contributed by atoms with Crippen LogP contribution in [0.4, 0.5) is 0 Å². The van der Waals surface area contributed by atoms with Crippen molar-refractivity contribution in [2.24, 2.45) is 5.92 Å². The van der Waals surface area contributed by atoms with Gasteiger partial charge in [-0.15, -0.1) is 0 Å². The van der Waals surface area contributed by atoms with Crippen LogP contribution in [0.5, 0.6) is 0 Å². The Hall–Kier alpha value is -1.11. The maximum atomic E-state index is 11.9. The Labute approximate surface area is 138 Å². The van der Waals surface area contributed by atoms with E-state index in [2.05, 4.69) is 45.1 Å². The monoisotopic (exact) mass is 304 g/mol. The first-order valence-corrected chi connectivity index (χ1v) is 9.19. The van der Waals surface area contributed by atoms with Gasteiger partial charge in [0.05, 0.1) is 0 Å². The second-order valence-corrected chi connectivity index (χ2v) is 6.06. The molecular weight excluding hydrogens is 268 g/mol. The van der Waals surface area contributed by atoms with E-state index in [1.165, 1.54) is 32.1 Å². The number of rotatable bonds is 13. The maximum Gasteiger partial charge on any atom is 0.156 e. The van der Waals surface area contributed by atoms with Gasteiger partial charge in [0.25, 0.3) is 0 Å². The molecule has 1 atom stereocenters. The minimum atomic E-state index is 0.215. The molecule has 0 amide bonds. The fourth-order valence-corrected chi connectivity index (χ4v) is 2.53. The third-order valence-electron chi connectivity index (χ3n) is 4.04. The van der Waals surface area contributed by atoms with E-state index in [4.69, 9.17) is 0 Å². The summed E-state index contributed by atoms with van der Waals surface area (Å²) in [7, 11) is 0. The third kappa shape index (κ3) is 10.6. The molecule has 0 N–H and O–H groups in total. The van der Waals surface area contributed by atoms with Crippen molar-refractivity contribution in [1.29, 1.82) is 0 Å². The second-order valence-electron chi connectivity index (χ2n) is 6.06. The molecule has 0 saturated carbocycles. The topological polar surface area (TPSA) is 17.1 Å². The number of carbonyl (C=O) groups is 1. The van der Waals surface area contributed by atoms with Crippen molar-refractivity contribution in [2.75, 3.05) is 0 Å². The van der Waals surface area contributed by atoms with Gasteiger partial charge in [-0.2, -0.15) is 0 Å². The standard InChI is InChI=1S/C21H36O/c1-5-8-10-12-14-16-18-21(19(4)22)20(7-3)17-15-13-11-9-6-2/h13-16,18,20H,5-12,17H2,1-4H3/b15-13+,16-14+,21-18-. The molecule has 0 bridgehead atoms. The van der Waals surface area contributed by atoms with Crippen molar-refractivity contribution in [3.63, 3.8) is 0 Å². The van der Waals surface area contributed by atoms with Crippen LogP contribution in [-0.4, -0.2) is 5.78 Å². The normalized spacial score (nSPS) is 14.1. The molecule has 0 aliphatic heterocycles. The lowest BCUT2D eigenvalue weighted by Gasteiger charge is -2.14. The first-order valence-electron chi connectivity index (χ1n) is 9.19. The zero-order valence-electron chi connectivity index (χ0n) is 15.2. The van der Waals surface area contributed by atoms with E-state index in [1.807, 2.05) is 6.08 Å². The third-order valence-corrected chi connectivity index (χ3v) is 4.04. The number of carbonyl (C=O) groups excluding carboxylic acids is 1. The minimum absolute atomic E-state index is 0.215. The Morgan fingerprint density at radius 3 is 2.18 bits per heavy atom. The van der Waals surface area contributed by atoms with Crippen LogP contribution >= 0.6 is 0 Å². The fraction of sp³-hybridized carbons (Fsp3) is 0.667. The molecule has 0 radical (unpaired) electrons. The Morgan fingerprint density at radius 2 is 1.59 bits per heavy atom. The van der Waals surface area contributed by atoms with Crippen molar-refractivity contribution in [2.45, 2.75) is 85.5 Å². The molecule has 0 heterocycles. The van der Waals surface area contributed by atoms with Gasteiger partial charge in [0.15, 0.2) is 5.78 Å². The summed E-state index contributed by atoms with van der Waals surface area (Å²) in [6, 6.07) is 0. The van der Waals surface area contributed by atoms with Gasteiger partial charge in [-0.3, -0.25) is 4.79 Å². The molecule has 0 rings (SSSR count). The minimum Gasteiger partial charge on any atom is -0.295 e. The smallest absolute Gasteiger partial charge is 0.156 e. The summed E-state index contributed by atoms with van der Waals surface area (Å²) in [5.41, 5.74) is 0.981. The molecular formula is C21H36O. The van der Waals surface area contributed by atoms with Crippen LogP contribution < -0.4 is 0 Å². The molecule has 126 valence electrons. The van der Waals surface area contributed by atoms with Crippen molar-refractivity contribution < 1.29 is 4.79 Å². The molecule has 1 nitrogen and oxygen atoms in total. The zero-order valence-corrected chi connectivity index (χ0v) is 15.2. The van der Waals surface area contributed by atoms with Crippen molar-refractivity contribution >= 4 is 5.78 Å². The summed E-state index contributed by atoms with van der Waals surface area (Å²) < 4.78 is 0. The second kappa shape index (κ2) is 14.8. The molecule has 0 aromatic heterocycles. The zero-order chi connectivity index (χ0) is 16.6. The van der Waals surface area contributed by atoms with E-state index >= 15 is 0 Å². The van der Waals surface area contributed by atoms with Gasteiger partial charge in [0.1, 0.15) is 0 Å². The lowest BCUT2D eigenvalue weighted by molar-refractivity contribution is -0.114. The van der Waals surface area contributed by atoms with Crippen LogP contribution in [0.25, 0.3) is 0 Å². The average molecular weight is 305 g/mol. The maximum absolute atomic E-state index is 11.9. The summed E-state index contributed by atoms with van der Waals surface area (Å²) in [4.78, 5) is 11.9. The Bertz CT molecular complexity index is 360. The van der Waals surface area contributed by atoms with Gasteiger partial charge in [-0.05, 0) is 50.5 Å². The van der Waals surface area contributed by atoms with E-state index in [0.29, 0.717) is 5.92 Å². The largest absolute Gasteiger partial charge is 0.295 e. The van der Waals surface area contributed by atoms with Gasteiger partial charge in [0, 0.05) is 0 Å². The summed E-state index contributed by atoms with van der Waals surface area (Å²) >= 11 is 0. The lowest BCUT2D eigenvalue weighted by Crippen LogP contribution is -2.09. The van der Waals surface area contributed by atoms with E-state index in [0.717, 1.165) is 31.3 Å². The van der Waals surface area contributed by atoms with Gasteiger partial charge in [-0.25, -0.2) is 0 Å². The number of unbranched alkanes of at least 4 members (excludes halogenated alkanes) is 5. The van der Waals surface area contributed by atoms with Gasteiger partial charge < -0.3 is 0 Å². The van der Waals surface area contributed by atoms with Crippen LogP contribution in [0.2, 0.25) is 0 Å². The van der Waals surface area contributed by atoms with Crippen LogP contribution in [0.3, 0.4) is 0 Å². The van der Waals surface area contributed by atoms with E-state index < -0.39 is 0 Å². The van der Waals surface area contributed by atoms with Crippen molar-refractivity contribution in [3.05, 3.63) is 36.0 Å². The van der Waals surface area contributed by atoms with Crippen molar-refractivity contribution in [3.8, 4) is 0 Å². The SMILES string of the molecule is CCCC/C=C/CC(CC)/C(=C\C=C\CCCCC)C(C)=O. The molecule has 1 heteroatoms. The Kier molecular flexibility index (Phi) is 14.1. The lowest BCUT2D eigenvalue weighted by atomic mass is 9.89. The van der Waals surface area contributed by atoms with Crippen LogP contribution in [0, 0.1) is 5.92 Å². The van der Waals surface area contributed by atoms with Crippen LogP contribution in [-0.2, 0) is 4.79 Å². The number of hydrogen-bond acceptors (Lipinski definition) is 1. The number of hydrogen-bond donors (Lipinski definition) is 0. The van der Waals surface area contributed by atoms with E-state index in [1.54, 1.807) is 6.92 Å². The highest BCUT2D eigenvalue weighted by Crippen LogP contribution is 2.21. The van der Waals surface area contributed by atoms with Gasteiger partial charge in [-0.1, -0.05) is 76.8 Å². The fourth-order valence-electron chi connectivity index (χ4n) is 2.53. The number of Topliss-reactive ketones (excluding diaryl/α,β-unsaturated/α-hetero) is 1. The Balaban J connectivity index is 4.53. The summed E-state index contributed by atoms with van der Waals surface area (Å²) in [6.45, 7) is 8.30. The summed E-state index contributed by atoms with van der Waals surface area (Å²) in [5.74, 6) is 0.572. The first-order chi connectivity index (χ1) is 10.7. The predicted octanol–water partition coefficient (Wildman–Crippen LogP) is 6.80. The van der Waals surface area contributed by atoms with Gasteiger partial charge in [0.2, 0.25) is 0 Å². The van der Waals surface area contributed by atoms with E-state index in [-0.39, 0.29) is 5.78 Å². The number of allylic oxidation sites excluding steroid dienone is 6. The molecule has 0 aliphatic rings. The molecule has 0 saturated heterocycles. The molecule has 0 aliphatic carbocycles. The molecule has 0 aromatic carbocycles. The van der Waals surface area contributed by atoms with Gasteiger partial charge >= 0.3 is 0 Å².